The lowest BCUT2D eigenvalue weighted by Crippen LogP contribution is -1.90. The van der Waals surface area contributed by atoms with E-state index in [1.807, 2.05) is 18.2 Å². The Hall–Kier alpha value is -2.62. The second kappa shape index (κ2) is 6.89. The van der Waals surface area contributed by atoms with Gasteiger partial charge in [-0.15, -0.1) is 0 Å². The highest BCUT2D eigenvalue weighted by atomic mass is 16.6. The zero-order chi connectivity index (χ0) is 16.1. The summed E-state index contributed by atoms with van der Waals surface area (Å²) in [5.41, 5.74) is 3.77. The third-order valence-corrected chi connectivity index (χ3v) is 3.72. The molecule has 0 aliphatic carbocycles. The Bertz CT molecular complexity index is 703. The Morgan fingerprint density at radius 1 is 1.09 bits per heavy atom. The first-order valence-electron chi connectivity index (χ1n) is 7.20. The molecule has 22 heavy (non-hydrogen) atoms. The van der Waals surface area contributed by atoms with E-state index in [9.17, 15) is 10.1 Å². The molecule has 0 saturated heterocycles. The maximum Gasteiger partial charge on any atom is 0.269 e. The van der Waals surface area contributed by atoms with E-state index < -0.39 is 4.92 Å². The van der Waals surface area contributed by atoms with Crippen LogP contribution in [0.2, 0.25) is 0 Å². The highest BCUT2D eigenvalue weighted by Crippen LogP contribution is 2.28. The molecule has 114 valence electrons. The van der Waals surface area contributed by atoms with Crippen molar-refractivity contribution in [3.05, 3.63) is 69.8 Å². The molecule has 4 nitrogen and oxygen atoms in total. The van der Waals surface area contributed by atoms with Crippen molar-refractivity contribution in [2.75, 3.05) is 0 Å². The number of nitro benzene ring substituents is 1. The van der Waals surface area contributed by atoms with Gasteiger partial charge in [0.2, 0.25) is 0 Å². The van der Waals surface area contributed by atoms with Gasteiger partial charge in [-0.25, -0.2) is 0 Å². The van der Waals surface area contributed by atoms with Crippen molar-refractivity contribution < 1.29 is 9.66 Å². The average Bonchev–Trinajstić information content (AvgIpc) is 2.54. The van der Waals surface area contributed by atoms with Crippen molar-refractivity contribution in [2.45, 2.75) is 27.2 Å². The van der Waals surface area contributed by atoms with E-state index in [4.69, 9.17) is 4.74 Å². The topological polar surface area (TPSA) is 52.4 Å². The van der Waals surface area contributed by atoms with E-state index >= 15 is 0 Å². The van der Waals surface area contributed by atoms with E-state index in [0.29, 0.717) is 5.75 Å². The minimum absolute atomic E-state index is 0.0541. The summed E-state index contributed by atoms with van der Waals surface area (Å²) < 4.78 is 5.77. The van der Waals surface area contributed by atoms with Crippen LogP contribution < -0.4 is 4.74 Å². The standard InChI is InChI=1S/C18H19NO3/c1-4-13(2)14(3)15-6-5-7-18(12-15)22-17-10-8-16(9-11-17)19(20)21/h5-12H,4H2,1-3H3/b14-13-. The quantitative estimate of drug-likeness (QED) is 0.534. The second-order valence-electron chi connectivity index (χ2n) is 5.14. The van der Waals surface area contributed by atoms with E-state index in [2.05, 4.69) is 26.8 Å². The van der Waals surface area contributed by atoms with Crippen LogP contribution in [0.3, 0.4) is 0 Å². The number of hydrogen-bond acceptors (Lipinski definition) is 3. The van der Waals surface area contributed by atoms with Crippen molar-refractivity contribution in [3.63, 3.8) is 0 Å². The minimum atomic E-state index is -0.425. The number of allylic oxidation sites excluding steroid dienone is 2. The van der Waals surface area contributed by atoms with Crippen molar-refractivity contribution >= 4 is 11.3 Å². The predicted octanol–water partition coefficient (Wildman–Crippen LogP) is 5.59. The number of rotatable bonds is 5. The predicted molar refractivity (Wildman–Crippen MR) is 88.2 cm³/mol. The molecule has 4 heteroatoms. The smallest absolute Gasteiger partial charge is 0.269 e. The molecule has 0 atom stereocenters. The number of benzene rings is 2. The third-order valence-electron chi connectivity index (χ3n) is 3.72. The molecule has 0 fully saturated rings. The molecule has 0 N–H and O–H groups in total. The summed E-state index contributed by atoms with van der Waals surface area (Å²) in [6.07, 6.45) is 1.01. The lowest BCUT2D eigenvalue weighted by atomic mass is 10.0. The van der Waals surface area contributed by atoms with Crippen LogP contribution in [0.5, 0.6) is 11.5 Å². The Morgan fingerprint density at radius 2 is 1.77 bits per heavy atom. The van der Waals surface area contributed by atoms with E-state index in [0.717, 1.165) is 17.7 Å². The molecule has 2 rings (SSSR count). The summed E-state index contributed by atoms with van der Waals surface area (Å²) in [6.45, 7) is 6.36. The normalized spacial score (nSPS) is 11.8. The van der Waals surface area contributed by atoms with Crippen LogP contribution in [0.25, 0.3) is 5.57 Å². The third kappa shape index (κ3) is 3.73. The fraction of sp³-hybridized carbons (Fsp3) is 0.222. The number of nitro groups is 1. The average molecular weight is 297 g/mol. The van der Waals surface area contributed by atoms with Crippen LogP contribution in [0, 0.1) is 10.1 Å². The Balaban J connectivity index is 2.22. The van der Waals surface area contributed by atoms with Crippen molar-refractivity contribution in [1.82, 2.24) is 0 Å². The van der Waals surface area contributed by atoms with Gasteiger partial charge < -0.3 is 4.74 Å². The molecule has 0 radical (unpaired) electrons. The molecular formula is C18H19NO3. The van der Waals surface area contributed by atoms with Gasteiger partial charge in [0.25, 0.3) is 5.69 Å². The largest absolute Gasteiger partial charge is 0.457 e. The number of ether oxygens (including phenoxy) is 1. The molecule has 0 aliphatic heterocycles. The van der Waals surface area contributed by atoms with Crippen LogP contribution in [0.1, 0.15) is 32.8 Å². The van der Waals surface area contributed by atoms with Gasteiger partial charge in [-0.3, -0.25) is 10.1 Å². The lowest BCUT2D eigenvalue weighted by molar-refractivity contribution is -0.384. The van der Waals surface area contributed by atoms with Crippen molar-refractivity contribution in [2.24, 2.45) is 0 Å². The molecule has 0 saturated carbocycles. The maximum atomic E-state index is 10.6. The first kappa shape index (κ1) is 15.8. The van der Waals surface area contributed by atoms with Crippen LogP contribution in [-0.4, -0.2) is 4.92 Å². The van der Waals surface area contributed by atoms with Crippen LogP contribution >= 0.6 is 0 Å². The Kier molecular flexibility index (Phi) is 4.94. The van der Waals surface area contributed by atoms with Crippen molar-refractivity contribution in [3.8, 4) is 11.5 Å². The highest BCUT2D eigenvalue weighted by Gasteiger charge is 2.06. The zero-order valence-electron chi connectivity index (χ0n) is 13.0. The summed E-state index contributed by atoms with van der Waals surface area (Å²) in [5, 5.41) is 10.6. The SMILES string of the molecule is CC/C(C)=C(/C)c1cccc(Oc2ccc([N+](=O)[O-])cc2)c1. The summed E-state index contributed by atoms with van der Waals surface area (Å²) in [6, 6.07) is 13.9. The highest BCUT2D eigenvalue weighted by molar-refractivity contribution is 5.67. The van der Waals surface area contributed by atoms with Crippen LogP contribution in [0.15, 0.2) is 54.1 Å². The molecule has 0 amide bonds. The second-order valence-corrected chi connectivity index (χ2v) is 5.14. The number of hydrogen-bond donors (Lipinski definition) is 0. The van der Waals surface area contributed by atoms with E-state index in [1.54, 1.807) is 12.1 Å². The maximum absolute atomic E-state index is 10.6. The molecule has 0 aliphatic rings. The Labute approximate surface area is 130 Å². The lowest BCUT2D eigenvalue weighted by Gasteiger charge is -2.10. The molecule has 2 aromatic rings. The van der Waals surface area contributed by atoms with Crippen LogP contribution in [0.4, 0.5) is 5.69 Å². The minimum Gasteiger partial charge on any atom is -0.457 e. The number of non-ortho nitro benzene ring substituents is 1. The Morgan fingerprint density at radius 3 is 2.36 bits per heavy atom. The molecule has 2 aromatic carbocycles. The van der Waals surface area contributed by atoms with Gasteiger partial charge in [0.1, 0.15) is 11.5 Å². The van der Waals surface area contributed by atoms with Crippen molar-refractivity contribution in [1.29, 1.82) is 0 Å². The van der Waals surface area contributed by atoms with Gasteiger partial charge in [0.15, 0.2) is 0 Å². The monoisotopic (exact) mass is 297 g/mol. The molecule has 0 unspecified atom stereocenters. The zero-order valence-corrected chi connectivity index (χ0v) is 13.0. The first-order chi connectivity index (χ1) is 10.5. The summed E-state index contributed by atoms with van der Waals surface area (Å²) in [7, 11) is 0. The van der Waals surface area contributed by atoms with Crippen LogP contribution in [-0.2, 0) is 0 Å². The van der Waals surface area contributed by atoms with E-state index in [1.165, 1.54) is 23.3 Å². The molecule has 0 aromatic heterocycles. The van der Waals surface area contributed by atoms with Gasteiger partial charge in [0, 0.05) is 12.1 Å². The molecular weight excluding hydrogens is 278 g/mol. The number of nitrogens with zero attached hydrogens (tertiary/aromatic N) is 1. The van der Waals surface area contributed by atoms with E-state index in [-0.39, 0.29) is 5.69 Å². The fourth-order valence-electron chi connectivity index (χ4n) is 2.08. The summed E-state index contributed by atoms with van der Waals surface area (Å²) >= 11 is 0. The van der Waals surface area contributed by atoms with Gasteiger partial charge in [-0.05, 0) is 55.7 Å². The van der Waals surface area contributed by atoms with Gasteiger partial charge in [-0.2, -0.15) is 0 Å². The van der Waals surface area contributed by atoms with Gasteiger partial charge in [-0.1, -0.05) is 24.6 Å². The first-order valence-corrected chi connectivity index (χ1v) is 7.20. The summed E-state index contributed by atoms with van der Waals surface area (Å²) in [4.78, 5) is 10.2. The summed E-state index contributed by atoms with van der Waals surface area (Å²) in [5.74, 6) is 1.30. The molecule has 0 heterocycles. The molecule has 0 bridgehead atoms. The van der Waals surface area contributed by atoms with Gasteiger partial charge >= 0.3 is 0 Å². The van der Waals surface area contributed by atoms with Gasteiger partial charge in [0.05, 0.1) is 4.92 Å². The molecule has 0 spiro atoms. The fourth-order valence-corrected chi connectivity index (χ4v) is 2.08.